The summed E-state index contributed by atoms with van der Waals surface area (Å²) in [6.45, 7) is 1.78. The minimum atomic E-state index is -4.54. The Hall–Kier alpha value is -2.86. The second-order valence-corrected chi connectivity index (χ2v) is 10.9. The largest absolute Gasteiger partial charge is 0.405 e. The average Bonchev–Trinajstić information content (AvgIpc) is 3.49. The van der Waals surface area contributed by atoms with Crippen molar-refractivity contribution >= 4 is 23.4 Å². The van der Waals surface area contributed by atoms with Gasteiger partial charge in [-0.1, -0.05) is 18.2 Å². The molecule has 4 fully saturated rings. The van der Waals surface area contributed by atoms with Gasteiger partial charge in [0.25, 0.3) is 5.91 Å². The van der Waals surface area contributed by atoms with E-state index in [0.717, 1.165) is 31.5 Å². The van der Waals surface area contributed by atoms with Crippen molar-refractivity contribution in [2.75, 3.05) is 37.7 Å². The third kappa shape index (κ3) is 5.07. The highest BCUT2D eigenvalue weighted by Crippen LogP contribution is 2.41. The first-order valence-corrected chi connectivity index (χ1v) is 13.3. The SMILES string of the molecule is CC(C(=O)NCC(F)(F)F)N1CN(c2ccccc2)C2(CCN(C(=O)C3CCC4NNCC4C3)CC2)C1=O. The molecule has 208 valence electrons. The number of hydrazine groups is 1. The number of alkyl halides is 3. The number of hydrogen-bond acceptors (Lipinski definition) is 6. The second-order valence-electron chi connectivity index (χ2n) is 10.9. The zero-order valence-electron chi connectivity index (χ0n) is 21.5. The van der Waals surface area contributed by atoms with Crippen molar-refractivity contribution in [3.05, 3.63) is 30.3 Å². The number of piperidine rings is 1. The van der Waals surface area contributed by atoms with Gasteiger partial charge in [0.15, 0.2) is 0 Å². The Morgan fingerprint density at radius 3 is 2.55 bits per heavy atom. The predicted octanol–water partition coefficient (Wildman–Crippen LogP) is 1.61. The van der Waals surface area contributed by atoms with Crippen LogP contribution in [0.15, 0.2) is 30.3 Å². The van der Waals surface area contributed by atoms with Gasteiger partial charge in [-0.25, -0.2) is 0 Å². The molecule has 38 heavy (non-hydrogen) atoms. The fourth-order valence-corrected chi connectivity index (χ4v) is 6.51. The molecule has 0 radical (unpaired) electrons. The van der Waals surface area contributed by atoms with Gasteiger partial charge < -0.3 is 20.0 Å². The summed E-state index contributed by atoms with van der Waals surface area (Å²) in [6.07, 6.45) is -1.12. The van der Waals surface area contributed by atoms with Gasteiger partial charge in [-0.15, -0.1) is 0 Å². The summed E-state index contributed by atoms with van der Waals surface area (Å²) >= 11 is 0. The molecule has 3 saturated heterocycles. The first kappa shape index (κ1) is 26.7. The standard InChI is InChI=1S/C26H35F3N6O3/c1-17(22(36)30-15-26(27,28)29)34-16-35(20-5-3-2-4-6-20)25(24(34)38)9-11-33(12-10-25)23(37)18-7-8-21-19(13-18)14-31-32-21/h2-6,17-19,21,31-32H,7-16H2,1H3,(H,30,36). The second kappa shape index (κ2) is 10.4. The molecular formula is C26H35F3N6O3. The molecule has 4 atom stereocenters. The number of amides is 3. The van der Waals surface area contributed by atoms with Crippen LogP contribution in [0.5, 0.6) is 0 Å². The topological polar surface area (TPSA) is 97.0 Å². The molecule has 3 aliphatic heterocycles. The smallest absolute Gasteiger partial charge is 0.345 e. The Kier molecular flexibility index (Phi) is 7.29. The van der Waals surface area contributed by atoms with Crippen LogP contribution in [-0.2, 0) is 14.4 Å². The summed E-state index contributed by atoms with van der Waals surface area (Å²) in [5, 5.41) is 1.90. The van der Waals surface area contributed by atoms with E-state index in [1.54, 1.807) is 0 Å². The minimum absolute atomic E-state index is 0.0228. The molecule has 1 aromatic rings. The monoisotopic (exact) mass is 536 g/mol. The Bertz CT molecular complexity index is 1050. The van der Waals surface area contributed by atoms with E-state index in [0.29, 0.717) is 37.9 Å². The first-order chi connectivity index (χ1) is 18.1. The van der Waals surface area contributed by atoms with Gasteiger partial charge in [-0.3, -0.25) is 25.2 Å². The molecule has 1 spiro atoms. The van der Waals surface area contributed by atoms with Crippen LogP contribution >= 0.6 is 0 Å². The first-order valence-electron chi connectivity index (χ1n) is 13.3. The summed E-state index contributed by atoms with van der Waals surface area (Å²) in [5.41, 5.74) is 6.31. The zero-order valence-corrected chi connectivity index (χ0v) is 21.5. The quantitative estimate of drug-likeness (QED) is 0.529. The summed E-state index contributed by atoms with van der Waals surface area (Å²) < 4.78 is 38.0. The van der Waals surface area contributed by atoms with Crippen molar-refractivity contribution in [3.63, 3.8) is 0 Å². The van der Waals surface area contributed by atoms with Crippen LogP contribution in [0, 0.1) is 11.8 Å². The number of carbonyl (C=O) groups excluding carboxylic acids is 3. The van der Waals surface area contributed by atoms with E-state index in [-0.39, 0.29) is 24.4 Å². The summed E-state index contributed by atoms with van der Waals surface area (Å²) in [6, 6.07) is 8.69. The van der Waals surface area contributed by atoms with Gasteiger partial charge in [0, 0.05) is 37.3 Å². The van der Waals surface area contributed by atoms with E-state index in [1.807, 2.05) is 45.4 Å². The highest BCUT2D eigenvalue weighted by molar-refractivity contribution is 5.97. The fraction of sp³-hybridized carbons (Fsp3) is 0.654. The molecule has 9 nitrogen and oxygen atoms in total. The number of hydrogen-bond donors (Lipinski definition) is 3. The van der Waals surface area contributed by atoms with E-state index >= 15 is 0 Å². The number of fused-ring (bicyclic) bond motifs is 1. The van der Waals surface area contributed by atoms with Gasteiger partial charge in [0.1, 0.15) is 18.1 Å². The lowest BCUT2D eigenvalue weighted by molar-refractivity contribution is -0.147. The van der Waals surface area contributed by atoms with Crippen LogP contribution in [0.4, 0.5) is 18.9 Å². The van der Waals surface area contributed by atoms with Crippen LogP contribution in [0.2, 0.25) is 0 Å². The molecular weight excluding hydrogens is 501 g/mol. The number of halogens is 3. The van der Waals surface area contributed by atoms with Gasteiger partial charge >= 0.3 is 6.18 Å². The van der Waals surface area contributed by atoms with Gasteiger partial charge in [-0.05, 0) is 57.1 Å². The van der Waals surface area contributed by atoms with Crippen molar-refractivity contribution in [1.82, 2.24) is 26.0 Å². The van der Waals surface area contributed by atoms with E-state index < -0.39 is 30.2 Å². The molecule has 1 saturated carbocycles. The molecule has 4 aliphatic rings. The highest BCUT2D eigenvalue weighted by atomic mass is 19.4. The maximum absolute atomic E-state index is 13.9. The lowest BCUT2D eigenvalue weighted by Gasteiger charge is -2.44. The number of carbonyl (C=O) groups is 3. The summed E-state index contributed by atoms with van der Waals surface area (Å²) in [7, 11) is 0. The summed E-state index contributed by atoms with van der Waals surface area (Å²) in [5.74, 6) is -0.576. The van der Waals surface area contributed by atoms with Gasteiger partial charge in [0.2, 0.25) is 11.8 Å². The Morgan fingerprint density at radius 2 is 1.87 bits per heavy atom. The normalized spacial score (nSPS) is 27.9. The van der Waals surface area contributed by atoms with E-state index in [2.05, 4.69) is 10.9 Å². The van der Waals surface area contributed by atoms with Crippen LogP contribution < -0.4 is 21.1 Å². The van der Waals surface area contributed by atoms with Crippen LogP contribution in [-0.4, -0.2) is 84.2 Å². The number of nitrogens with zero attached hydrogens (tertiary/aromatic N) is 3. The average molecular weight is 537 g/mol. The lowest BCUT2D eigenvalue weighted by Crippen LogP contribution is -2.58. The number of nitrogens with one attached hydrogen (secondary N) is 3. The third-order valence-electron chi connectivity index (χ3n) is 8.73. The molecule has 5 rings (SSSR count). The minimum Gasteiger partial charge on any atom is -0.345 e. The van der Waals surface area contributed by atoms with Crippen molar-refractivity contribution < 1.29 is 27.6 Å². The molecule has 3 heterocycles. The predicted molar refractivity (Wildman–Crippen MR) is 133 cm³/mol. The van der Waals surface area contributed by atoms with E-state index in [9.17, 15) is 27.6 Å². The van der Waals surface area contributed by atoms with Crippen molar-refractivity contribution in [3.8, 4) is 0 Å². The number of para-hydroxylation sites is 1. The van der Waals surface area contributed by atoms with Crippen LogP contribution in [0.25, 0.3) is 0 Å². The number of rotatable bonds is 5. The van der Waals surface area contributed by atoms with Crippen molar-refractivity contribution in [2.24, 2.45) is 11.8 Å². The number of likely N-dealkylation sites (tertiary alicyclic amines) is 1. The van der Waals surface area contributed by atoms with Crippen molar-refractivity contribution in [2.45, 2.75) is 62.8 Å². The number of anilines is 1. The molecule has 1 aliphatic carbocycles. The Labute approximate surface area is 220 Å². The lowest BCUT2D eigenvalue weighted by atomic mass is 9.77. The highest BCUT2D eigenvalue weighted by Gasteiger charge is 2.56. The van der Waals surface area contributed by atoms with Crippen LogP contribution in [0.3, 0.4) is 0 Å². The van der Waals surface area contributed by atoms with Gasteiger partial charge in [-0.2, -0.15) is 13.2 Å². The fourth-order valence-electron chi connectivity index (χ4n) is 6.51. The molecule has 12 heteroatoms. The third-order valence-corrected chi connectivity index (χ3v) is 8.73. The van der Waals surface area contributed by atoms with Crippen molar-refractivity contribution in [1.29, 1.82) is 0 Å². The van der Waals surface area contributed by atoms with Crippen LogP contribution in [0.1, 0.15) is 39.0 Å². The molecule has 1 aromatic carbocycles. The Morgan fingerprint density at radius 1 is 1.16 bits per heavy atom. The molecule has 3 amide bonds. The zero-order chi connectivity index (χ0) is 27.1. The summed E-state index contributed by atoms with van der Waals surface area (Å²) in [4.78, 5) is 45.0. The van der Waals surface area contributed by atoms with Gasteiger partial charge in [0.05, 0.1) is 6.67 Å². The maximum atomic E-state index is 13.9. The maximum Gasteiger partial charge on any atom is 0.405 e. The molecule has 0 aromatic heterocycles. The molecule has 4 unspecified atom stereocenters. The van der Waals surface area contributed by atoms with E-state index in [4.69, 9.17) is 0 Å². The number of benzene rings is 1. The molecule has 0 bridgehead atoms. The Balaban J connectivity index is 1.30. The van der Waals surface area contributed by atoms with E-state index in [1.165, 1.54) is 11.8 Å². The molecule has 3 N–H and O–H groups in total.